The first kappa shape index (κ1) is 16.8. The molecule has 0 radical (unpaired) electrons. The lowest BCUT2D eigenvalue weighted by Gasteiger charge is -2.39. The molecule has 1 aliphatic carbocycles. The summed E-state index contributed by atoms with van der Waals surface area (Å²) in [6, 6.07) is 7.27. The molecule has 2 amide bonds. The molecule has 130 valence electrons. The molecule has 2 atom stereocenters. The van der Waals surface area contributed by atoms with E-state index in [-0.39, 0.29) is 16.9 Å². The average Bonchev–Trinajstić information content (AvgIpc) is 2.76. The van der Waals surface area contributed by atoms with Crippen molar-refractivity contribution in [2.24, 2.45) is 10.8 Å². The van der Waals surface area contributed by atoms with E-state index in [4.69, 9.17) is 4.74 Å². The number of benzene rings is 1. The van der Waals surface area contributed by atoms with E-state index < -0.39 is 11.8 Å². The first-order chi connectivity index (χ1) is 11.2. The number of hydrogen-bond acceptors (Lipinski definition) is 3. The molecule has 0 aromatic heterocycles. The van der Waals surface area contributed by atoms with E-state index in [1.165, 1.54) is 0 Å². The number of amides is 2. The number of nitrogens with zero attached hydrogens (tertiary/aromatic N) is 1. The van der Waals surface area contributed by atoms with Gasteiger partial charge in [-0.3, -0.25) is 9.59 Å². The molecule has 2 aliphatic rings. The zero-order chi connectivity index (χ0) is 17.5. The maximum Gasteiger partial charge on any atom is 0.314 e. The van der Waals surface area contributed by atoms with E-state index in [0.29, 0.717) is 18.0 Å². The zero-order valence-electron chi connectivity index (χ0n) is 14.9. The summed E-state index contributed by atoms with van der Waals surface area (Å²) in [5.41, 5.74) is 0.852. The smallest absolute Gasteiger partial charge is 0.314 e. The molecule has 3 rings (SSSR count). The standard InChI is InChI=1S/C19H26N2O3/c1-18(2)9-13-10-19(3,11-18)12-21(13)17(23)16(22)20-14-7-5-6-8-15(14)24-4/h5-8,13H,9-12H2,1-4H3,(H,20,22). The van der Waals surface area contributed by atoms with Crippen molar-refractivity contribution in [3.05, 3.63) is 24.3 Å². The molecule has 1 heterocycles. The molecule has 1 aromatic carbocycles. The van der Waals surface area contributed by atoms with E-state index in [1.54, 1.807) is 30.2 Å². The van der Waals surface area contributed by atoms with Gasteiger partial charge >= 0.3 is 11.8 Å². The molecule has 2 fully saturated rings. The second-order valence-electron chi connectivity index (χ2n) is 8.30. The molecule has 2 bridgehead atoms. The van der Waals surface area contributed by atoms with Crippen LogP contribution in [0.1, 0.15) is 40.0 Å². The van der Waals surface area contributed by atoms with Gasteiger partial charge in [-0.2, -0.15) is 0 Å². The topological polar surface area (TPSA) is 58.6 Å². The third-order valence-corrected chi connectivity index (χ3v) is 5.23. The lowest BCUT2D eigenvalue weighted by Crippen LogP contribution is -2.43. The van der Waals surface area contributed by atoms with Gasteiger partial charge in [0.25, 0.3) is 0 Å². The number of anilines is 1. The summed E-state index contributed by atoms with van der Waals surface area (Å²) >= 11 is 0. The van der Waals surface area contributed by atoms with Crippen LogP contribution in [-0.2, 0) is 9.59 Å². The summed E-state index contributed by atoms with van der Waals surface area (Å²) in [7, 11) is 1.54. The Kier molecular flexibility index (Phi) is 4.06. The number of methoxy groups -OCH3 is 1. The minimum Gasteiger partial charge on any atom is -0.495 e. The zero-order valence-corrected chi connectivity index (χ0v) is 14.9. The number of rotatable bonds is 2. The second-order valence-corrected chi connectivity index (χ2v) is 8.30. The van der Waals surface area contributed by atoms with Crippen molar-refractivity contribution in [2.45, 2.75) is 46.1 Å². The Morgan fingerprint density at radius 1 is 1.21 bits per heavy atom. The quantitative estimate of drug-likeness (QED) is 0.848. The first-order valence-corrected chi connectivity index (χ1v) is 8.48. The van der Waals surface area contributed by atoms with E-state index in [2.05, 4.69) is 26.1 Å². The van der Waals surface area contributed by atoms with Crippen molar-refractivity contribution in [3.8, 4) is 5.75 Å². The Hall–Kier alpha value is -2.04. The number of likely N-dealkylation sites (tertiary alicyclic amines) is 1. The predicted octanol–water partition coefficient (Wildman–Crippen LogP) is 3.06. The highest BCUT2D eigenvalue weighted by molar-refractivity contribution is 6.39. The summed E-state index contributed by atoms with van der Waals surface area (Å²) < 4.78 is 5.22. The molecule has 0 spiro atoms. The molecule has 1 saturated heterocycles. The molecule has 2 unspecified atom stereocenters. The van der Waals surface area contributed by atoms with Crippen LogP contribution >= 0.6 is 0 Å². The van der Waals surface area contributed by atoms with Gasteiger partial charge in [-0.05, 0) is 42.2 Å². The molecule has 1 N–H and O–H groups in total. The maximum absolute atomic E-state index is 12.7. The first-order valence-electron chi connectivity index (χ1n) is 8.48. The third kappa shape index (κ3) is 3.12. The number of hydrogen-bond donors (Lipinski definition) is 1. The van der Waals surface area contributed by atoms with E-state index in [9.17, 15) is 9.59 Å². The van der Waals surface area contributed by atoms with Crippen molar-refractivity contribution in [2.75, 3.05) is 19.0 Å². The highest BCUT2D eigenvalue weighted by atomic mass is 16.5. The van der Waals surface area contributed by atoms with Gasteiger partial charge < -0.3 is 15.0 Å². The van der Waals surface area contributed by atoms with Crippen LogP contribution in [0, 0.1) is 10.8 Å². The van der Waals surface area contributed by atoms with Gasteiger partial charge in [-0.15, -0.1) is 0 Å². The number of fused-ring (bicyclic) bond motifs is 2. The summed E-state index contributed by atoms with van der Waals surface area (Å²) in [6.07, 6.45) is 3.04. The monoisotopic (exact) mass is 330 g/mol. The van der Waals surface area contributed by atoms with Gasteiger partial charge in [-0.1, -0.05) is 32.9 Å². The molecular weight excluding hydrogens is 304 g/mol. The van der Waals surface area contributed by atoms with E-state index in [1.807, 2.05) is 6.07 Å². The van der Waals surface area contributed by atoms with Crippen molar-refractivity contribution in [1.29, 1.82) is 0 Å². The van der Waals surface area contributed by atoms with Crippen LogP contribution < -0.4 is 10.1 Å². The fourth-order valence-electron chi connectivity index (χ4n) is 4.75. The van der Waals surface area contributed by atoms with Crippen LogP contribution in [0.15, 0.2) is 24.3 Å². The van der Waals surface area contributed by atoms with Crippen molar-refractivity contribution in [3.63, 3.8) is 0 Å². The molecule has 24 heavy (non-hydrogen) atoms. The summed E-state index contributed by atoms with van der Waals surface area (Å²) in [5, 5.41) is 2.70. The van der Waals surface area contributed by atoms with Crippen molar-refractivity contribution < 1.29 is 14.3 Å². The van der Waals surface area contributed by atoms with Gasteiger partial charge in [0.05, 0.1) is 12.8 Å². The SMILES string of the molecule is COc1ccccc1NC(=O)C(=O)N1CC2(C)CC1CC(C)(C)C2. The van der Waals surface area contributed by atoms with Crippen molar-refractivity contribution in [1.82, 2.24) is 4.90 Å². The highest BCUT2D eigenvalue weighted by Gasteiger charge is 2.51. The summed E-state index contributed by atoms with van der Waals surface area (Å²) in [6.45, 7) is 7.40. The van der Waals surface area contributed by atoms with Gasteiger partial charge in [0, 0.05) is 12.6 Å². The number of ether oxygens (including phenoxy) is 1. The minimum atomic E-state index is -0.589. The highest BCUT2D eigenvalue weighted by Crippen LogP contribution is 2.52. The van der Waals surface area contributed by atoms with Crippen LogP contribution in [0.4, 0.5) is 5.69 Å². The molecule has 1 saturated carbocycles. The summed E-state index contributed by atoms with van der Waals surface area (Å²) in [4.78, 5) is 27.0. The second kappa shape index (κ2) is 5.80. The van der Waals surface area contributed by atoms with Crippen LogP contribution in [0.2, 0.25) is 0 Å². The number of para-hydroxylation sites is 2. The summed E-state index contributed by atoms with van der Waals surface area (Å²) in [5.74, 6) is -0.479. The lowest BCUT2D eigenvalue weighted by atomic mass is 9.65. The predicted molar refractivity (Wildman–Crippen MR) is 92.9 cm³/mol. The Labute approximate surface area is 143 Å². The van der Waals surface area contributed by atoms with E-state index in [0.717, 1.165) is 19.3 Å². The fraction of sp³-hybridized carbons (Fsp3) is 0.579. The lowest BCUT2D eigenvalue weighted by molar-refractivity contribution is -0.144. The Morgan fingerprint density at radius 2 is 1.92 bits per heavy atom. The largest absolute Gasteiger partial charge is 0.495 e. The van der Waals surface area contributed by atoms with Crippen molar-refractivity contribution >= 4 is 17.5 Å². The van der Waals surface area contributed by atoms with Crippen LogP contribution in [0.25, 0.3) is 0 Å². The fourth-order valence-corrected chi connectivity index (χ4v) is 4.75. The molecule has 1 aromatic rings. The van der Waals surface area contributed by atoms with Gasteiger partial charge in [0.1, 0.15) is 5.75 Å². The molecule has 5 heteroatoms. The number of carbonyl (C=O) groups is 2. The van der Waals surface area contributed by atoms with Gasteiger partial charge in [0.15, 0.2) is 0 Å². The average molecular weight is 330 g/mol. The Bertz CT molecular complexity index is 670. The van der Waals surface area contributed by atoms with Crippen LogP contribution in [-0.4, -0.2) is 36.4 Å². The minimum absolute atomic E-state index is 0.118. The van der Waals surface area contributed by atoms with Gasteiger partial charge in [-0.25, -0.2) is 0 Å². The molecule has 1 aliphatic heterocycles. The number of carbonyl (C=O) groups excluding carboxylic acids is 2. The molecule has 5 nitrogen and oxygen atoms in total. The molecular formula is C19H26N2O3. The van der Waals surface area contributed by atoms with E-state index >= 15 is 0 Å². The van der Waals surface area contributed by atoms with Gasteiger partial charge in [0.2, 0.25) is 0 Å². The maximum atomic E-state index is 12.7. The Balaban J connectivity index is 1.74. The normalized spacial score (nSPS) is 27.7. The van der Waals surface area contributed by atoms with Crippen LogP contribution in [0.5, 0.6) is 5.75 Å². The number of nitrogens with one attached hydrogen (secondary N) is 1. The van der Waals surface area contributed by atoms with Crippen LogP contribution in [0.3, 0.4) is 0 Å². The Morgan fingerprint density at radius 3 is 2.62 bits per heavy atom. The third-order valence-electron chi connectivity index (χ3n) is 5.23.